The van der Waals surface area contributed by atoms with Gasteiger partial charge in [0.2, 0.25) is 0 Å². The summed E-state index contributed by atoms with van der Waals surface area (Å²) in [5, 5.41) is 10.1. The fourth-order valence-corrected chi connectivity index (χ4v) is 2.41. The van der Waals surface area contributed by atoms with E-state index < -0.39 is 0 Å². The molecule has 0 radical (unpaired) electrons. The van der Waals surface area contributed by atoms with Gasteiger partial charge in [-0.2, -0.15) is 0 Å². The Morgan fingerprint density at radius 1 is 0.850 bits per heavy atom. The van der Waals surface area contributed by atoms with Crippen LogP contribution in [0, 0.1) is 5.92 Å². The number of benzene rings is 2. The van der Waals surface area contributed by atoms with Crippen LogP contribution in [0.4, 0.5) is 0 Å². The maximum atomic E-state index is 10.1. The summed E-state index contributed by atoms with van der Waals surface area (Å²) in [7, 11) is 0. The lowest BCUT2D eigenvalue weighted by Gasteiger charge is -2.15. The van der Waals surface area contributed by atoms with E-state index in [9.17, 15) is 5.11 Å². The third-order valence-corrected chi connectivity index (χ3v) is 3.71. The molecule has 106 valence electrons. The maximum absolute atomic E-state index is 10.1. The summed E-state index contributed by atoms with van der Waals surface area (Å²) in [5.74, 6) is 0.245. The van der Waals surface area contributed by atoms with Crippen molar-refractivity contribution in [2.24, 2.45) is 5.92 Å². The smallest absolute Gasteiger partial charge is 0.0812 e. The van der Waals surface area contributed by atoms with Crippen molar-refractivity contribution in [2.45, 2.75) is 39.7 Å². The monoisotopic (exact) mass is 268 g/mol. The largest absolute Gasteiger partial charge is 0.388 e. The Balaban J connectivity index is 2.17. The Labute approximate surface area is 122 Å². The van der Waals surface area contributed by atoms with Gasteiger partial charge in [0, 0.05) is 0 Å². The van der Waals surface area contributed by atoms with Crippen molar-refractivity contribution < 1.29 is 5.11 Å². The summed E-state index contributed by atoms with van der Waals surface area (Å²) in [6, 6.07) is 17.0. The molecule has 1 atom stereocenters. The fraction of sp³-hybridized carbons (Fsp3) is 0.368. The molecule has 1 heteroatoms. The molecule has 0 saturated heterocycles. The normalized spacial score (nSPS) is 12.7. The summed E-state index contributed by atoms with van der Waals surface area (Å²) in [4.78, 5) is 0. The predicted octanol–water partition coefficient (Wildman–Crippen LogP) is 5.00. The number of aryl methyl sites for hydroxylation is 1. The molecule has 0 saturated carbocycles. The summed E-state index contributed by atoms with van der Waals surface area (Å²) >= 11 is 0. The van der Waals surface area contributed by atoms with Crippen molar-refractivity contribution in [3.8, 4) is 11.1 Å². The molecule has 1 unspecified atom stereocenters. The van der Waals surface area contributed by atoms with E-state index in [1.807, 2.05) is 26.0 Å². The molecule has 0 aliphatic carbocycles. The average Bonchev–Trinajstić information content (AvgIpc) is 2.48. The van der Waals surface area contributed by atoms with E-state index in [1.54, 1.807) is 0 Å². The summed E-state index contributed by atoms with van der Waals surface area (Å²) in [6.45, 7) is 6.27. The standard InChI is InChI=1S/C19H24O/c1-4-5-15-6-8-16(9-7-15)17-10-12-18(13-11-17)19(20)14(2)3/h6-14,19-20H,4-5H2,1-3H3. The lowest BCUT2D eigenvalue weighted by Crippen LogP contribution is -2.04. The van der Waals surface area contributed by atoms with Crippen molar-refractivity contribution in [3.63, 3.8) is 0 Å². The Hall–Kier alpha value is -1.60. The van der Waals surface area contributed by atoms with Gasteiger partial charge in [0.1, 0.15) is 0 Å². The molecule has 0 aromatic heterocycles. The number of hydrogen-bond acceptors (Lipinski definition) is 1. The molecule has 1 nitrogen and oxygen atoms in total. The van der Waals surface area contributed by atoms with Crippen LogP contribution in [0.15, 0.2) is 48.5 Å². The van der Waals surface area contributed by atoms with Gasteiger partial charge >= 0.3 is 0 Å². The van der Waals surface area contributed by atoms with Gasteiger partial charge in [-0.1, -0.05) is 75.7 Å². The predicted molar refractivity (Wildman–Crippen MR) is 85.7 cm³/mol. The van der Waals surface area contributed by atoms with Crippen LogP contribution >= 0.6 is 0 Å². The lowest BCUT2D eigenvalue weighted by atomic mass is 9.96. The summed E-state index contributed by atoms with van der Waals surface area (Å²) in [5.41, 5.74) is 4.82. The molecule has 0 spiro atoms. The van der Waals surface area contributed by atoms with Crippen molar-refractivity contribution >= 4 is 0 Å². The highest BCUT2D eigenvalue weighted by Crippen LogP contribution is 2.25. The first-order chi connectivity index (χ1) is 9.61. The van der Waals surface area contributed by atoms with Crippen molar-refractivity contribution in [1.29, 1.82) is 0 Å². The van der Waals surface area contributed by atoms with Crippen LogP contribution < -0.4 is 0 Å². The van der Waals surface area contributed by atoms with Crippen LogP contribution in [0.25, 0.3) is 11.1 Å². The highest BCUT2D eigenvalue weighted by Gasteiger charge is 2.11. The second-order valence-electron chi connectivity index (χ2n) is 5.76. The third kappa shape index (κ3) is 3.49. The Kier molecular flexibility index (Phi) is 4.97. The van der Waals surface area contributed by atoms with Crippen LogP contribution in [0.3, 0.4) is 0 Å². The maximum Gasteiger partial charge on any atom is 0.0812 e. The van der Waals surface area contributed by atoms with E-state index in [-0.39, 0.29) is 12.0 Å². The molecule has 0 amide bonds. The number of aliphatic hydroxyl groups is 1. The molecule has 2 aromatic carbocycles. The molecule has 0 heterocycles. The van der Waals surface area contributed by atoms with Gasteiger partial charge in [-0.15, -0.1) is 0 Å². The molecule has 1 N–H and O–H groups in total. The molecule has 0 aliphatic heterocycles. The topological polar surface area (TPSA) is 20.2 Å². The van der Waals surface area contributed by atoms with Crippen LogP contribution in [-0.2, 0) is 6.42 Å². The van der Waals surface area contributed by atoms with Gasteiger partial charge in [-0.25, -0.2) is 0 Å². The zero-order valence-electron chi connectivity index (χ0n) is 12.6. The van der Waals surface area contributed by atoms with Crippen LogP contribution in [0.2, 0.25) is 0 Å². The van der Waals surface area contributed by atoms with E-state index in [0.717, 1.165) is 12.0 Å². The van der Waals surface area contributed by atoms with Crippen LogP contribution in [-0.4, -0.2) is 5.11 Å². The SMILES string of the molecule is CCCc1ccc(-c2ccc(C(O)C(C)C)cc2)cc1. The Morgan fingerprint density at radius 3 is 1.80 bits per heavy atom. The molecule has 2 aromatic rings. The zero-order valence-corrected chi connectivity index (χ0v) is 12.6. The number of aliphatic hydroxyl groups excluding tert-OH is 1. The minimum Gasteiger partial charge on any atom is -0.388 e. The van der Waals surface area contributed by atoms with Crippen molar-refractivity contribution in [2.75, 3.05) is 0 Å². The first kappa shape index (κ1) is 14.8. The number of hydrogen-bond donors (Lipinski definition) is 1. The second-order valence-corrected chi connectivity index (χ2v) is 5.76. The van der Waals surface area contributed by atoms with Gasteiger partial charge in [0.15, 0.2) is 0 Å². The average molecular weight is 268 g/mol. The zero-order chi connectivity index (χ0) is 14.5. The first-order valence-electron chi connectivity index (χ1n) is 7.49. The molecule has 0 fully saturated rings. The van der Waals surface area contributed by atoms with E-state index in [0.29, 0.717) is 0 Å². The van der Waals surface area contributed by atoms with Gasteiger partial charge in [0.25, 0.3) is 0 Å². The third-order valence-electron chi connectivity index (χ3n) is 3.71. The van der Waals surface area contributed by atoms with Gasteiger partial charge < -0.3 is 5.11 Å². The number of rotatable bonds is 5. The van der Waals surface area contributed by atoms with E-state index >= 15 is 0 Å². The summed E-state index contributed by atoms with van der Waals surface area (Å²) in [6.07, 6.45) is 1.94. The van der Waals surface area contributed by atoms with E-state index in [4.69, 9.17) is 0 Å². The fourth-order valence-electron chi connectivity index (χ4n) is 2.41. The van der Waals surface area contributed by atoms with Crippen LogP contribution in [0.5, 0.6) is 0 Å². The first-order valence-corrected chi connectivity index (χ1v) is 7.49. The highest BCUT2D eigenvalue weighted by atomic mass is 16.3. The molecule has 2 rings (SSSR count). The van der Waals surface area contributed by atoms with Crippen molar-refractivity contribution in [1.82, 2.24) is 0 Å². The van der Waals surface area contributed by atoms with Gasteiger partial charge in [-0.05, 0) is 34.6 Å². The Bertz CT molecular complexity index is 523. The molecular formula is C19H24O. The van der Waals surface area contributed by atoms with Gasteiger partial charge in [-0.3, -0.25) is 0 Å². The minimum absolute atomic E-state index is 0.245. The summed E-state index contributed by atoms with van der Waals surface area (Å²) < 4.78 is 0. The van der Waals surface area contributed by atoms with E-state index in [1.165, 1.54) is 23.1 Å². The highest BCUT2D eigenvalue weighted by molar-refractivity contribution is 5.64. The lowest BCUT2D eigenvalue weighted by molar-refractivity contribution is 0.127. The Morgan fingerprint density at radius 2 is 1.35 bits per heavy atom. The second kappa shape index (κ2) is 6.71. The van der Waals surface area contributed by atoms with Gasteiger partial charge in [0.05, 0.1) is 6.10 Å². The quantitative estimate of drug-likeness (QED) is 0.809. The molecule has 0 bridgehead atoms. The molecule has 20 heavy (non-hydrogen) atoms. The minimum atomic E-state index is -0.379. The molecular weight excluding hydrogens is 244 g/mol. The van der Waals surface area contributed by atoms with Crippen molar-refractivity contribution in [3.05, 3.63) is 59.7 Å². The molecule has 0 aliphatic rings. The van der Waals surface area contributed by atoms with E-state index in [2.05, 4.69) is 43.3 Å². The van der Waals surface area contributed by atoms with Crippen LogP contribution in [0.1, 0.15) is 44.4 Å².